The fourth-order valence-corrected chi connectivity index (χ4v) is 6.97. The number of nitrogens with one attached hydrogen (secondary N) is 2. The minimum absolute atomic E-state index is 0.0106. The number of hydrogen-bond acceptors (Lipinski definition) is 7. The van der Waals surface area contributed by atoms with Crippen molar-refractivity contribution in [3.63, 3.8) is 0 Å². The van der Waals surface area contributed by atoms with E-state index >= 15 is 0 Å². The number of benzene rings is 2. The first-order valence-electron chi connectivity index (χ1n) is 18.0. The van der Waals surface area contributed by atoms with Gasteiger partial charge >= 0.3 is 6.09 Å². The Kier molecular flexibility index (Phi) is 14.1. The van der Waals surface area contributed by atoms with Crippen LogP contribution in [0, 0.1) is 19.8 Å². The summed E-state index contributed by atoms with van der Waals surface area (Å²) in [4.78, 5) is 43.7. The van der Waals surface area contributed by atoms with Gasteiger partial charge in [0.15, 0.2) is 6.10 Å². The van der Waals surface area contributed by atoms with Gasteiger partial charge in [-0.1, -0.05) is 50.6 Å². The van der Waals surface area contributed by atoms with Crippen molar-refractivity contribution in [3.8, 4) is 0 Å². The molecule has 4 N–H and O–H groups in total. The van der Waals surface area contributed by atoms with Crippen LogP contribution in [0.3, 0.4) is 0 Å². The summed E-state index contributed by atoms with van der Waals surface area (Å²) in [5.41, 5.74) is 12.0. The molecule has 10 nitrogen and oxygen atoms in total. The van der Waals surface area contributed by atoms with E-state index in [-0.39, 0.29) is 17.9 Å². The van der Waals surface area contributed by atoms with Crippen LogP contribution in [-0.4, -0.2) is 97.1 Å². The number of carbonyl (C=O) groups is 3. The van der Waals surface area contributed by atoms with Crippen LogP contribution in [-0.2, 0) is 27.2 Å². The van der Waals surface area contributed by atoms with Gasteiger partial charge in [-0.15, -0.1) is 0 Å². The molecule has 1 atom stereocenters. The van der Waals surface area contributed by atoms with Gasteiger partial charge in [-0.25, -0.2) is 4.79 Å². The Morgan fingerprint density at radius 3 is 2.17 bits per heavy atom. The lowest BCUT2D eigenvalue weighted by atomic mass is 9.99. The molecule has 0 radical (unpaired) electrons. The van der Waals surface area contributed by atoms with Gasteiger partial charge in [0.1, 0.15) is 0 Å². The molecule has 0 unspecified atom stereocenters. The van der Waals surface area contributed by atoms with Crippen LogP contribution in [0.15, 0.2) is 36.4 Å². The summed E-state index contributed by atoms with van der Waals surface area (Å²) in [7, 11) is 0. The van der Waals surface area contributed by atoms with Gasteiger partial charge < -0.3 is 30.9 Å². The quantitative estimate of drug-likeness (QED) is 0.334. The number of piperidine rings is 2. The molecule has 48 heavy (non-hydrogen) atoms. The van der Waals surface area contributed by atoms with Crippen molar-refractivity contribution in [1.29, 1.82) is 0 Å². The van der Waals surface area contributed by atoms with Crippen LogP contribution in [0.4, 0.5) is 16.2 Å². The Morgan fingerprint density at radius 2 is 1.56 bits per heavy atom. The average Bonchev–Trinajstić information content (AvgIpc) is 3.08. The molecule has 0 saturated carbocycles. The topological polar surface area (TPSA) is 120 Å². The van der Waals surface area contributed by atoms with E-state index in [9.17, 15) is 14.4 Å². The SMILES string of the molecule is CCCc1ccccc1NC(C)=O.Cc1cc(C[C@@H](OC(=O)N2CCC(C)CC2)C(=O)N2CCN(C3CCNCC3)CC2)cc(C)c1N. The van der Waals surface area contributed by atoms with Crippen molar-refractivity contribution in [1.82, 2.24) is 20.0 Å². The largest absolute Gasteiger partial charge is 0.436 e. The van der Waals surface area contributed by atoms with Crippen LogP contribution in [0.5, 0.6) is 0 Å². The Bertz CT molecular complexity index is 1340. The van der Waals surface area contributed by atoms with Crippen LogP contribution < -0.4 is 16.4 Å². The second-order valence-electron chi connectivity index (χ2n) is 13.8. The number of piperazine rings is 1. The van der Waals surface area contributed by atoms with Crippen molar-refractivity contribution in [2.24, 2.45) is 5.92 Å². The van der Waals surface area contributed by atoms with E-state index in [0.717, 1.165) is 79.9 Å². The molecule has 2 aromatic carbocycles. The van der Waals surface area contributed by atoms with Crippen molar-refractivity contribution >= 4 is 29.3 Å². The number of likely N-dealkylation sites (tertiary alicyclic amines) is 1. The van der Waals surface area contributed by atoms with Crippen LogP contribution in [0.1, 0.15) is 75.1 Å². The van der Waals surface area contributed by atoms with E-state index in [1.807, 2.05) is 49.1 Å². The number of nitrogen functional groups attached to an aromatic ring is 1. The van der Waals surface area contributed by atoms with Gasteiger partial charge in [0.25, 0.3) is 5.91 Å². The average molecular weight is 663 g/mol. The Balaban J connectivity index is 0.000000336. The number of ether oxygens (including phenoxy) is 1. The summed E-state index contributed by atoms with van der Waals surface area (Å²) >= 11 is 0. The third-order valence-electron chi connectivity index (χ3n) is 9.93. The Morgan fingerprint density at radius 1 is 0.938 bits per heavy atom. The van der Waals surface area contributed by atoms with E-state index in [1.165, 1.54) is 25.3 Å². The molecule has 0 aromatic heterocycles. The fraction of sp³-hybridized carbons (Fsp3) is 0.605. The lowest BCUT2D eigenvalue weighted by molar-refractivity contribution is -0.143. The van der Waals surface area contributed by atoms with Crippen LogP contribution in [0.2, 0.25) is 0 Å². The molecule has 0 bridgehead atoms. The second-order valence-corrected chi connectivity index (χ2v) is 13.8. The zero-order chi connectivity index (χ0) is 34.6. The van der Waals surface area contributed by atoms with E-state index in [1.54, 1.807) is 4.90 Å². The predicted octanol–water partition coefficient (Wildman–Crippen LogP) is 5.16. The third-order valence-corrected chi connectivity index (χ3v) is 9.93. The molecule has 3 heterocycles. The van der Waals surface area contributed by atoms with E-state index < -0.39 is 6.10 Å². The second kappa shape index (κ2) is 18.2. The third kappa shape index (κ3) is 10.7. The summed E-state index contributed by atoms with van der Waals surface area (Å²) in [6.07, 6.45) is 5.56. The molecule has 3 aliphatic rings. The van der Waals surface area contributed by atoms with Crippen LogP contribution in [0.25, 0.3) is 0 Å². The zero-order valence-corrected chi connectivity index (χ0v) is 29.9. The minimum atomic E-state index is -0.824. The highest BCUT2D eigenvalue weighted by Gasteiger charge is 2.34. The van der Waals surface area contributed by atoms with Gasteiger partial charge in [0, 0.05) is 70.0 Å². The number of nitrogens with two attached hydrogens (primary N) is 1. The smallest absolute Gasteiger partial charge is 0.410 e. The summed E-state index contributed by atoms with van der Waals surface area (Å²) in [5, 5.41) is 6.25. The summed E-state index contributed by atoms with van der Waals surface area (Å²) in [6.45, 7) is 16.4. The van der Waals surface area contributed by atoms with Gasteiger partial charge in [-0.3, -0.25) is 14.5 Å². The number of para-hydroxylation sites is 1. The number of amides is 3. The molecule has 10 heteroatoms. The van der Waals surface area contributed by atoms with Gasteiger partial charge in [-0.2, -0.15) is 0 Å². The highest BCUT2D eigenvalue weighted by atomic mass is 16.6. The molecule has 2 aromatic rings. The van der Waals surface area contributed by atoms with E-state index in [2.05, 4.69) is 35.4 Å². The zero-order valence-electron chi connectivity index (χ0n) is 29.9. The molecular formula is C38H58N6O4. The lowest BCUT2D eigenvalue weighted by Crippen LogP contribution is -2.56. The summed E-state index contributed by atoms with van der Waals surface area (Å²) in [6, 6.07) is 12.5. The predicted molar refractivity (Wildman–Crippen MR) is 193 cm³/mol. The van der Waals surface area contributed by atoms with Gasteiger partial charge in [0.05, 0.1) is 0 Å². The highest BCUT2D eigenvalue weighted by Crippen LogP contribution is 2.23. The van der Waals surface area contributed by atoms with Gasteiger partial charge in [-0.05, 0) is 93.3 Å². The number of carbonyl (C=O) groups excluding carboxylic acids is 3. The standard InChI is InChI=1S/C27H43N5O3.C11H15NO/c1-19-6-10-32(11-7-19)27(34)35-24(18-22-16-20(2)25(28)21(3)17-22)26(33)31-14-12-30(13-15-31)23-4-8-29-9-5-23;1-3-6-10-7-4-5-8-11(10)12-9(2)13/h16-17,19,23-24,29H,4-15,18,28H2,1-3H3;4-5,7-8H,3,6H2,1-2H3,(H,12,13)/t24-;/m1./s1. The lowest BCUT2D eigenvalue weighted by Gasteiger charge is -2.41. The van der Waals surface area contributed by atoms with Crippen molar-refractivity contribution in [2.45, 2.75) is 91.7 Å². The van der Waals surface area contributed by atoms with Crippen molar-refractivity contribution in [3.05, 3.63) is 58.7 Å². The molecule has 3 saturated heterocycles. The molecule has 264 valence electrons. The first-order valence-corrected chi connectivity index (χ1v) is 18.0. The Labute approximate surface area is 287 Å². The maximum atomic E-state index is 13.7. The Hall–Kier alpha value is -3.63. The molecule has 3 fully saturated rings. The summed E-state index contributed by atoms with van der Waals surface area (Å²) < 4.78 is 5.94. The first kappa shape index (κ1) is 37.2. The van der Waals surface area contributed by atoms with Crippen molar-refractivity contribution in [2.75, 3.05) is 63.4 Å². The summed E-state index contributed by atoms with van der Waals surface area (Å²) in [5.74, 6) is 0.526. The number of aryl methyl sites for hydroxylation is 3. The number of rotatable bonds is 8. The fourth-order valence-electron chi connectivity index (χ4n) is 6.97. The van der Waals surface area contributed by atoms with E-state index in [0.29, 0.717) is 44.6 Å². The number of nitrogens with zero attached hydrogens (tertiary/aromatic N) is 3. The maximum absolute atomic E-state index is 13.7. The molecule has 0 aliphatic carbocycles. The molecule has 3 amide bonds. The maximum Gasteiger partial charge on any atom is 0.410 e. The monoisotopic (exact) mass is 662 g/mol. The first-order chi connectivity index (χ1) is 23.0. The number of hydrogen-bond donors (Lipinski definition) is 3. The minimum Gasteiger partial charge on any atom is -0.436 e. The molecule has 0 spiro atoms. The normalized spacial score (nSPS) is 18.4. The number of anilines is 2. The van der Waals surface area contributed by atoms with Gasteiger partial charge in [0.2, 0.25) is 5.91 Å². The van der Waals surface area contributed by atoms with Crippen molar-refractivity contribution < 1.29 is 19.1 Å². The van der Waals surface area contributed by atoms with Crippen LogP contribution >= 0.6 is 0 Å². The highest BCUT2D eigenvalue weighted by molar-refractivity contribution is 5.89. The van der Waals surface area contributed by atoms with E-state index in [4.69, 9.17) is 10.5 Å². The molecule has 3 aliphatic heterocycles. The molecule has 5 rings (SSSR count). The molecular weight excluding hydrogens is 604 g/mol.